The number of rotatable bonds is 7. The lowest BCUT2D eigenvalue weighted by Crippen LogP contribution is -2.26. The summed E-state index contributed by atoms with van der Waals surface area (Å²) in [6.07, 6.45) is 5.75. The summed E-state index contributed by atoms with van der Waals surface area (Å²) in [5.41, 5.74) is 0.960. The number of carbonyl (C=O) groups is 1. The van der Waals surface area contributed by atoms with E-state index in [0.717, 1.165) is 37.0 Å². The van der Waals surface area contributed by atoms with Crippen LogP contribution in [0.1, 0.15) is 38.2 Å². The van der Waals surface area contributed by atoms with Gasteiger partial charge in [-0.05, 0) is 43.0 Å². The van der Waals surface area contributed by atoms with E-state index in [2.05, 4.69) is 12.2 Å². The number of nitrogens with one attached hydrogen (secondary N) is 1. The lowest BCUT2D eigenvalue weighted by molar-refractivity contribution is -0.117. The summed E-state index contributed by atoms with van der Waals surface area (Å²) in [6, 6.07) is 9.62. The van der Waals surface area contributed by atoms with Gasteiger partial charge in [-0.15, -0.1) is 0 Å². The molecule has 4 heteroatoms. The Hall–Kier alpha value is -2.28. The third-order valence-electron chi connectivity index (χ3n) is 3.24. The number of unbranched alkanes of at least 4 members (excludes halogenated alkanes) is 1. The maximum atomic E-state index is 11.8. The average Bonchev–Trinajstić information content (AvgIpc) is 3.30. The highest BCUT2D eigenvalue weighted by atomic mass is 16.5. The first-order chi connectivity index (χ1) is 10.2. The van der Waals surface area contributed by atoms with E-state index in [0.29, 0.717) is 6.61 Å². The van der Waals surface area contributed by atoms with Crippen molar-refractivity contribution < 1.29 is 9.53 Å². The Morgan fingerprint density at radius 3 is 2.71 bits per heavy atom. The zero-order chi connectivity index (χ0) is 15.1. The van der Waals surface area contributed by atoms with Gasteiger partial charge in [-0.3, -0.25) is 4.79 Å². The van der Waals surface area contributed by atoms with Crippen LogP contribution in [-0.2, 0) is 4.79 Å². The van der Waals surface area contributed by atoms with Crippen molar-refractivity contribution in [2.75, 3.05) is 6.61 Å². The second-order valence-electron chi connectivity index (χ2n) is 5.19. The number of benzene rings is 1. The minimum atomic E-state index is -0.289. The molecule has 1 N–H and O–H groups in total. The second kappa shape index (κ2) is 7.49. The molecule has 0 aliphatic heterocycles. The maximum Gasteiger partial charge on any atom is 0.262 e. The first-order valence-electron chi connectivity index (χ1n) is 7.38. The van der Waals surface area contributed by atoms with Gasteiger partial charge in [0.05, 0.1) is 6.61 Å². The molecular formula is C17H20N2O2. The van der Waals surface area contributed by atoms with Crippen LogP contribution >= 0.6 is 0 Å². The minimum Gasteiger partial charge on any atom is -0.494 e. The molecule has 0 aromatic heterocycles. The first-order valence-corrected chi connectivity index (χ1v) is 7.38. The highest BCUT2D eigenvalue weighted by molar-refractivity contribution is 6.01. The summed E-state index contributed by atoms with van der Waals surface area (Å²) < 4.78 is 5.58. The van der Waals surface area contributed by atoms with Crippen molar-refractivity contribution in [3.05, 3.63) is 35.4 Å². The molecule has 1 aromatic carbocycles. The summed E-state index contributed by atoms with van der Waals surface area (Å²) in [5, 5.41) is 11.9. The molecule has 4 nitrogen and oxygen atoms in total. The van der Waals surface area contributed by atoms with E-state index in [4.69, 9.17) is 10.00 Å². The predicted molar refractivity (Wildman–Crippen MR) is 81.6 cm³/mol. The lowest BCUT2D eigenvalue weighted by atomic mass is 10.1. The predicted octanol–water partition coefficient (Wildman–Crippen LogP) is 3.05. The Labute approximate surface area is 125 Å². The van der Waals surface area contributed by atoms with E-state index in [1.807, 2.05) is 30.3 Å². The molecule has 110 valence electrons. The molecule has 1 amide bonds. The fraction of sp³-hybridized carbons (Fsp3) is 0.412. The summed E-state index contributed by atoms with van der Waals surface area (Å²) in [6.45, 7) is 2.83. The van der Waals surface area contributed by atoms with Gasteiger partial charge >= 0.3 is 0 Å². The van der Waals surface area contributed by atoms with Crippen LogP contribution in [-0.4, -0.2) is 18.6 Å². The van der Waals surface area contributed by atoms with Crippen molar-refractivity contribution in [2.24, 2.45) is 0 Å². The molecule has 0 unspecified atom stereocenters. The monoisotopic (exact) mass is 284 g/mol. The van der Waals surface area contributed by atoms with Gasteiger partial charge in [0.15, 0.2) is 0 Å². The smallest absolute Gasteiger partial charge is 0.262 e. The Balaban J connectivity index is 1.97. The summed E-state index contributed by atoms with van der Waals surface area (Å²) in [5.74, 6) is 0.518. The fourth-order valence-electron chi connectivity index (χ4n) is 1.80. The van der Waals surface area contributed by atoms with Crippen LogP contribution in [0.25, 0.3) is 6.08 Å². The Bertz CT molecular complexity index is 551. The van der Waals surface area contributed by atoms with Gasteiger partial charge in [0.25, 0.3) is 5.91 Å². The standard InChI is InChI=1S/C17H20N2O2/c1-2-3-10-21-16-8-4-13(5-9-16)11-14(12-18)17(20)19-15-6-7-15/h4-5,8-9,11,15H,2-3,6-7,10H2,1H3,(H,19,20). The number of amides is 1. The molecule has 0 radical (unpaired) electrons. The molecular weight excluding hydrogens is 264 g/mol. The van der Waals surface area contributed by atoms with Crippen LogP contribution in [0, 0.1) is 11.3 Å². The highest BCUT2D eigenvalue weighted by Gasteiger charge is 2.24. The van der Waals surface area contributed by atoms with Crippen LogP contribution in [0.2, 0.25) is 0 Å². The number of nitrogens with zero attached hydrogens (tertiary/aromatic N) is 1. The molecule has 0 atom stereocenters. The number of hydrogen-bond donors (Lipinski definition) is 1. The van der Waals surface area contributed by atoms with Crippen molar-refractivity contribution in [2.45, 2.75) is 38.6 Å². The molecule has 0 bridgehead atoms. The Kier molecular flexibility index (Phi) is 5.39. The normalized spacial score (nSPS) is 14.4. The van der Waals surface area contributed by atoms with Gasteiger partial charge in [0.2, 0.25) is 0 Å². The number of carbonyl (C=O) groups excluding carboxylic acids is 1. The van der Waals surface area contributed by atoms with Crippen LogP contribution in [0.3, 0.4) is 0 Å². The van der Waals surface area contributed by atoms with E-state index in [1.165, 1.54) is 0 Å². The van der Waals surface area contributed by atoms with Gasteiger partial charge in [0.1, 0.15) is 17.4 Å². The fourth-order valence-corrected chi connectivity index (χ4v) is 1.80. The molecule has 21 heavy (non-hydrogen) atoms. The van der Waals surface area contributed by atoms with Crippen molar-refractivity contribution in [1.82, 2.24) is 5.32 Å². The molecule has 0 heterocycles. The van der Waals surface area contributed by atoms with Crippen LogP contribution in [0.5, 0.6) is 5.75 Å². The van der Waals surface area contributed by atoms with E-state index in [-0.39, 0.29) is 17.5 Å². The van der Waals surface area contributed by atoms with Crippen molar-refractivity contribution in [3.63, 3.8) is 0 Å². The quantitative estimate of drug-likeness (QED) is 0.475. The minimum absolute atomic E-state index is 0.140. The highest BCUT2D eigenvalue weighted by Crippen LogP contribution is 2.20. The molecule has 0 saturated heterocycles. The molecule has 1 aromatic rings. The van der Waals surface area contributed by atoms with Gasteiger partial charge in [-0.25, -0.2) is 0 Å². The van der Waals surface area contributed by atoms with E-state index in [9.17, 15) is 4.79 Å². The van der Waals surface area contributed by atoms with Crippen molar-refractivity contribution >= 4 is 12.0 Å². The third-order valence-corrected chi connectivity index (χ3v) is 3.24. The molecule has 2 rings (SSSR count). The second-order valence-corrected chi connectivity index (χ2v) is 5.19. The number of ether oxygens (including phenoxy) is 1. The molecule has 1 saturated carbocycles. The van der Waals surface area contributed by atoms with Crippen LogP contribution < -0.4 is 10.1 Å². The largest absolute Gasteiger partial charge is 0.494 e. The van der Waals surface area contributed by atoms with Gasteiger partial charge in [-0.1, -0.05) is 25.5 Å². The number of nitriles is 1. The van der Waals surface area contributed by atoms with Crippen LogP contribution in [0.4, 0.5) is 0 Å². The SMILES string of the molecule is CCCCOc1ccc(C=C(C#N)C(=O)NC2CC2)cc1. The average molecular weight is 284 g/mol. The summed E-state index contributed by atoms with van der Waals surface area (Å²) in [4.78, 5) is 11.8. The maximum absolute atomic E-state index is 11.8. The first kappa shape index (κ1) is 15.1. The number of hydrogen-bond acceptors (Lipinski definition) is 3. The van der Waals surface area contributed by atoms with Crippen molar-refractivity contribution in [3.8, 4) is 11.8 Å². The topological polar surface area (TPSA) is 62.1 Å². The van der Waals surface area contributed by atoms with Crippen molar-refractivity contribution in [1.29, 1.82) is 5.26 Å². The Morgan fingerprint density at radius 1 is 1.43 bits per heavy atom. The van der Waals surface area contributed by atoms with E-state index >= 15 is 0 Å². The van der Waals surface area contributed by atoms with Gasteiger partial charge in [-0.2, -0.15) is 5.26 Å². The van der Waals surface area contributed by atoms with Gasteiger partial charge < -0.3 is 10.1 Å². The summed E-state index contributed by atoms with van der Waals surface area (Å²) in [7, 11) is 0. The zero-order valence-electron chi connectivity index (χ0n) is 12.3. The molecule has 1 aliphatic rings. The summed E-state index contributed by atoms with van der Waals surface area (Å²) >= 11 is 0. The Morgan fingerprint density at radius 2 is 2.14 bits per heavy atom. The molecule has 0 spiro atoms. The van der Waals surface area contributed by atoms with Crippen LogP contribution in [0.15, 0.2) is 29.8 Å². The van der Waals surface area contributed by atoms with E-state index in [1.54, 1.807) is 6.08 Å². The van der Waals surface area contributed by atoms with E-state index < -0.39 is 0 Å². The third kappa shape index (κ3) is 4.96. The molecule has 1 aliphatic carbocycles. The molecule has 1 fully saturated rings. The van der Waals surface area contributed by atoms with Gasteiger partial charge in [0, 0.05) is 6.04 Å². The zero-order valence-corrected chi connectivity index (χ0v) is 12.3. The lowest BCUT2D eigenvalue weighted by Gasteiger charge is -2.05.